The van der Waals surface area contributed by atoms with Crippen LogP contribution in [0.25, 0.3) is 0 Å². The number of likely N-dealkylation sites (N-methyl/N-ethyl adjacent to an activating group) is 3. The van der Waals surface area contributed by atoms with E-state index in [0.717, 1.165) is 10.5 Å². The molecule has 8 atom stereocenters. The summed E-state index contributed by atoms with van der Waals surface area (Å²) in [5.74, 6) is -7.05. The lowest BCUT2D eigenvalue weighted by molar-refractivity contribution is -0.175. The van der Waals surface area contributed by atoms with Gasteiger partial charge in [0.2, 0.25) is 0 Å². The van der Waals surface area contributed by atoms with Crippen LogP contribution >= 0.6 is 0 Å². The molecule has 0 aromatic heterocycles. The molecule has 1 aliphatic heterocycles. The first-order valence-corrected chi connectivity index (χ1v) is 22.3. The number of hydrogen-bond acceptors (Lipinski definition) is 13. The Balaban J connectivity index is 1.87. The monoisotopic (exact) mass is 908 g/mol. The largest absolute Gasteiger partial charge is 0.479 e. The Bertz CT molecular complexity index is 1930. The molecule has 1 saturated heterocycles. The first-order chi connectivity index (χ1) is 30.7. The molecule has 2 aromatic rings. The molecule has 2 aromatic carbocycles. The van der Waals surface area contributed by atoms with Crippen LogP contribution in [0.1, 0.15) is 91.7 Å². The molecule has 65 heavy (non-hydrogen) atoms. The Labute approximate surface area is 382 Å². The molecule has 1 fully saturated rings. The van der Waals surface area contributed by atoms with E-state index in [-0.39, 0.29) is 50.5 Å². The van der Waals surface area contributed by atoms with Crippen LogP contribution in [-0.4, -0.2) is 144 Å². The van der Waals surface area contributed by atoms with E-state index in [1.165, 1.54) is 37.7 Å². The summed E-state index contributed by atoms with van der Waals surface area (Å²) in [5, 5.41) is 12.1. The van der Waals surface area contributed by atoms with Crippen molar-refractivity contribution < 1.29 is 62.4 Å². The van der Waals surface area contributed by atoms with Crippen molar-refractivity contribution in [3.8, 4) is 0 Å². The Morgan fingerprint density at radius 3 is 1.62 bits per heavy atom. The lowest BCUT2D eigenvalue weighted by Gasteiger charge is -2.37. The van der Waals surface area contributed by atoms with Gasteiger partial charge in [0.25, 0.3) is 17.7 Å². The normalized spacial score (nSPS) is 17.0. The molecule has 0 bridgehead atoms. The average molecular weight is 909 g/mol. The number of hydrogen-bond donors (Lipinski definition) is 2. The van der Waals surface area contributed by atoms with Crippen molar-refractivity contribution in [1.29, 1.82) is 0 Å². The summed E-state index contributed by atoms with van der Waals surface area (Å²) in [5.41, 5.74) is 1.37. The van der Waals surface area contributed by atoms with Crippen molar-refractivity contribution in [2.24, 2.45) is 11.8 Å². The fourth-order valence-electron chi connectivity index (χ4n) is 7.36. The number of aliphatic carboxylic acids is 1. The second-order valence-electron chi connectivity index (χ2n) is 17.5. The highest BCUT2D eigenvalue weighted by atomic mass is 16.6. The number of likely N-dealkylation sites (tertiary alicyclic amines) is 1. The van der Waals surface area contributed by atoms with Gasteiger partial charge in [-0.05, 0) is 82.9 Å². The summed E-state index contributed by atoms with van der Waals surface area (Å²) in [6, 6.07) is 13.5. The van der Waals surface area contributed by atoms with Crippen LogP contribution in [0.2, 0.25) is 0 Å². The second-order valence-corrected chi connectivity index (χ2v) is 17.5. The third-order valence-electron chi connectivity index (χ3n) is 11.3. The molecule has 0 saturated carbocycles. The third-order valence-corrected chi connectivity index (χ3v) is 11.3. The number of amides is 3. The molecule has 1 heterocycles. The van der Waals surface area contributed by atoms with Gasteiger partial charge in [-0.25, -0.2) is 19.2 Å². The number of ether oxygens (including phenoxy) is 4. The van der Waals surface area contributed by atoms with Crippen LogP contribution in [-0.2, 0) is 70.1 Å². The number of carboxylic acids is 1. The first-order valence-electron chi connectivity index (χ1n) is 22.3. The van der Waals surface area contributed by atoms with Gasteiger partial charge < -0.3 is 44.1 Å². The van der Waals surface area contributed by atoms with E-state index in [4.69, 9.17) is 18.9 Å². The Hall–Kier alpha value is -5.84. The number of carboxylic acid groups (broad SMARTS) is 1. The number of carbonyl (C=O) groups is 8. The molecule has 0 aliphatic carbocycles. The van der Waals surface area contributed by atoms with Gasteiger partial charge in [-0.1, -0.05) is 88.4 Å². The molecular weight excluding hydrogens is 841 g/mol. The zero-order valence-corrected chi connectivity index (χ0v) is 39.4. The highest BCUT2D eigenvalue weighted by molar-refractivity contribution is 5.93. The molecule has 3 amide bonds. The van der Waals surface area contributed by atoms with Gasteiger partial charge in [0.05, 0.1) is 0 Å². The second kappa shape index (κ2) is 25.6. The van der Waals surface area contributed by atoms with Crippen molar-refractivity contribution in [2.75, 3.05) is 27.7 Å². The summed E-state index contributed by atoms with van der Waals surface area (Å²) in [6.07, 6.45) is -4.08. The molecule has 2 N–H and O–H groups in total. The molecule has 358 valence electrons. The zero-order valence-electron chi connectivity index (χ0n) is 39.4. The van der Waals surface area contributed by atoms with Crippen molar-refractivity contribution in [1.82, 2.24) is 20.0 Å². The predicted molar refractivity (Wildman–Crippen MR) is 239 cm³/mol. The molecule has 3 rings (SSSR count). The molecule has 1 aliphatic rings. The minimum atomic E-state index is -1.45. The highest BCUT2D eigenvalue weighted by Gasteiger charge is 2.42. The topological polar surface area (TPSA) is 215 Å². The molecular formula is C48H68N4O13. The maximum Gasteiger partial charge on any atom is 0.344 e. The summed E-state index contributed by atoms with van der Waals surface area (Å²) in [6.45, 7) is 11.7. The van der Waals surface area contributed by atoms with Crippen LogP contribution in [0.4, 0.5) is 0 Å². The summed E-state index contributed by atoms with van der Waals surface area (Å²) < 4.78 is 22.6. The molecule has 0 spiro atoms. The van der Waals surface area contributed by atoms with E-state index in [0.29, 0.717) is 18.4 Å². The van der Waals surface area contributed by atoms with Crippen LogP contribution in [0.5, 0.6) is 0 Å². The van der Waals surface area contributed by atoms with Gasteiger partial charge in [-0.3, -0.25) is 19.2 Å². The number of esters is 4. The molecule has 0 radical (unpaired) electrons. The van der Waals surface area contributed by atoms with E-state index >= 15 is 0 Å². The fourth-order valence-corrected chi connectivity index (χ4v) is 7.36. The summed E-state index contributed by atoms with van der Waals surface area (Å²) in [7, 11) is 4.36. The third kappa shape index (κ3) is 16.0. The van der Waals surface area contributed by atoms with Crippen LogP contribution in [0.15, 0.2) is 60.7 Å². The van der Waals surface area contributed by atoms with Crippen molar-refractivity contribution >= 4 is 47.6 Å². The molecule has 17 nitrogen and oxygen atoms in total. The zero-order chi connectivity index (χ0) is 48.5. The predicted octanol–water partition coefficient (Wildman–Crippen LogP) is 3.98. The number of piperidine rings is 1. The molecule has 0 unspecified atom stereocenters. The van der Waals surface area contributed by atoms with E-state index < -0.39 is 96.2 Å². The smallest absolute Gasteiger partial charge is 0.344 e. The molecule has 17 heteroatoms. The Kier molecular flexibility index (Phi) is 21.1. The lowest BCUT2D eigenvalue weighted by atomic mass is 9.99. The number of benzene rings is 2. The van der Waals surface area contributed by atoms with Gasteiger partial charge in [0.15, 0.2) is 24.4 Å². The van der Waals surface area contributed by atoms with Gasteiger partial charge in [0, 0.05) is 33.5 Å². The standard InChI is InChI=1S/C48H68N4O13/c1-29(2)25-37(51(10)42(54)39(64-45(58)31(5)49-8)27-34-19-13-11-14-20-34)47(60)62-32(6)41(53)50(9)38(26-30(3)4)48(61)65-40(28-35-21-15-12-16-22-35)43(55)52-24-18-17-23-36(52)46(59)63-33(7)44(56)57/h11-16,19-22,29-33,36-40,49H,17-18,23-28H2,1-10H3,(H,56,57)/t31-,32+,33+,36-,37-,38-,39+,40+/m0/s1. The van der Waals surface area contributed by atoms with Crippen molar-refractivity contribution in [2.45, 2.75) is 142 Å². The quantitative estimate of drug-likeness (QED) is 0.119. The van der Waals surface area contributed by atoms with Crippen LogP contribution in [0, 0.1) is 11.8 Å². The first kappa shape index (κ1) is 53.5. The number of rotatable bonds is 23. The van der Waals surface area contributed by atoms with E-state index in [1.807, 2.05) is 33.8 Å². The maximum atomic E-state index is 14.4. The number of carbonyl (C=O) groups excluding carboxylic acids is 7. The average Bonchev–Trinajstić information content (AvgIpc) is 3.28. The minimum absolute atomic E-state index is 0.0394. The van der Waals surface area contributed by atoms with Gasteiger partial charge in [-0.15, -0.1) is 0 Å². The van der Waals surface area contributed by atoms with Gasteiger partial charge in [0.1, 0.15) is 24.2 Å². The summed E-state index contributed by atoms with van der Waals surface area (Å²) >= 11 is 0. The van der Waals surface area contributed by atoms with Gasteiger partial charge >= 0.3 is 29.8 Å². The SMILES string of the molecule is CN[C@@H](C)C(=O)O[C@H](Cc1ccccc1)C(=O)N(C)[C@@H](CC(C)C)C(=O)O[C@H](C)C(=O)N(C)[C@@H](CC(C)C)C(=O)O[C@H](Cc1ccccc1)C(=O)N1CCCC[C@H]1C(=O)O[C@H](C)C(=O)O. The fraction of sp³-hybridized carbons (Fsp3) is 0.583. The van der Waals surface area contributed by atoms with Crippen molar-refractivity contribution in [3.05, 3.63) is 71.8 Å². The highest BCUT2D eigenvalue weighted by Crippen LogP contribution is 2.24. The van der Waals surface area contributed by atoms with Crippen LogP contribution < -0.4 is 5.32 Å². The van der Waals surface area contributed by atoms with Crippen molar-refractivity contribution in [3.63, 3.8) is 0 Å². The Morgan fingerprint density at radius 1 is 0.646 bits per heavy atom. The van der Waals surface area contributed by atoms with Crippen LogP contribution in [0.3, 0.4) is 0 Å². The number of nitrogens with one attached hydrogen (secondary N) is 1. The van der Waals surface area contributed by atoms with E-state index in [1.54, 1.807) is 68.6 Å². The summed E-state index contributed by atoms with van der Waals surface area (Å²) in [4.78, 5) is 112. The van der Waals surface area contributed by atoms with E-state index in [9.17, 15) is 43.5 Å². The minimum Gasteiger partial charge on any atom is -0.479 e. The number of nitrogens with zero attached hydrogens (tertiary/aromatic N) is 3. The maximum absolute atomic E-state index is 14.4. The Morgan fingerprint density at radius 2 is 1.12 bits per heavy atom. The van der Waals surface area contributed by atoms with E-state index in [2.05, 4.69) is 5.32 Å². The van der Waals surface area contributed by atoms with Gasteiger partial charge in [-0.2, -0.15) is 0 Å². The lowest BCUT2D eigenvalue weighted by Crippen LogP contribution is -2.55.